The number of carbonyl (C=O) groups excluding carboxylic acids is 1. The lowest BCUT2D eigenvalue weighted by atomic mass is 9.96. The van der Waals surface area contributed by atoms with Crippen molar-refractivity contribution in [2.75, 3.05) is 6.54 Å². The monoisotopic (exact) mass is 334 g/mol. The highest BCUT2D eigenvalue weighted by Crippen LogP contribution is 2.22. The molecule has 1 aliphatic heterocycles. The molecule has 1 aliphatic rings. The summed E-state index contributed by atoms with van der Waals surface area (Å²) in [7, 11) is 0. The first-order chi connectivity index (χ1) is 11.3. The predicted molar refractivity (Wildman–Crippen MR) is 97.9 cm³/mol. The van der Waals surface area contributed by atoms with Crippen LogP contribution in [0.15, 0.2) is 0 Å². The highest BCUT2D eigenvalue weighted by Gasteiger charge is 2.29. The molecule has 2 atom stereocenters. The minimum atomic E-state index is 0.0477. The van der Waals surface area contributed by atoms with Crippen LogP contribution < -0.4 is 5.73 Å². The van der Waals surface area contributed by atoms with Crippen molar-refractivity contribution in [3.05, 3.63) is 17.0 Å². The normalized spacial score (nSPS) is 19.8. The summed E-state index contributed by atoms with van der Waals surface area (Å²) < 4.78 is 2.09. The van der Waals surface area contributed by atoms with Gasteiger partial charge in [-0.3, -0.25) is 9.48 Å². The van der Waals surface area contributed by atoms with E-state index in [1.165, 1.54) is 17.7 Å². The Morgan fingerprint density at radius 3 is 2.62 bits per heavy atom. The molecule has 0 saturated carbocycles. The number of amides is 1. The second-order valence-electron chi connectivity index (χ2n) is 7.73. The molecule has 5 nitrogen and oxygen atoms in total. The number of nitrogens with zero attached hydrogens (tertiary/aromatic N) is 3. The van der Waals surface area contributed by atoms with Gasteiger partial charge >= 0.3 is 0 Å². The summed E-state index contributed by atoms with van der Waals surface area (Å²) in [6.07, 6.45) is 4.64. The summed E-state index contributed by atoms with van der Waals surface area (Å²) in [6.45, 7) is 12.4. The van der Waals surface area contributed by atoms with Crippen molar-refractivity contribution in [2.45, 2.75) is 85.4 Å². The average molecular weight is 335 g/mol. The van der Waals surface area contributed by atoms with Crippen molar-refractivity contribution >= 4 is 5.91 Å². The maximum Gasteiger partial charge on any atom is 0.223 e. The molecule has 24 heavy (non-hydrogen) atoms. The number of nitrogens with two attached hydrogens (primary N) is 1. The van der Waals surface area contributed by atoms with Crippen LogP contribution in [-0.4, -0.2) is 39.2 Å². The zero-order valence-corrected chi connectivity index (χ0v) is 16.0. The maximum atomic E-state index is 12.7. The SMILES string of the molecule is Cc1nn(CC(C)C)c(C)c1CCC(=O)N1CCCCC1C(C)N. The largest absolute Gasteiger partial charge is 0.338 e. The smallest absolute Gasteiger partial charge is 0.223 e. The standard InChI is InChI=1S/C19H34N4O/c1-13(2)12-23-16(5)17(15(4)21-23)9-10-19(24)22-11-7-6-8-18(22)14(3)20/h13-14,18H,6-12,20H2,1-5H3. The number of likely N-dealkylation sites (tertiary alicyclic amines) is 1. The van der Waals surface area contributed by atoms with Crippen LogP contribution in [0.2, 0.25) is 0 Å². The van der Waals surface area contributed by atoms with Gasteiger partial charge in [-0.05, 0) is 57.9 Å². The molecule has 1 aromatic rings. The topological polar surface area (TPSA) is 64.2 Å². The van der Waals surface area contributed by atoms with Crippen LogP contribution in [0, 0.1) is 19.8 Å². The van der Waals surface area contributed by atoms with Gasteiger partial charge in [0.15, 0.2) is 0 Å². The Labute approximate surface area is 146 Å². The fourth-order valence-corrected chi connectivity index (χ4v) is 3.81. The van der Waals surface area contributed by atoms with Crippen molar-refractivity contribution in [2.24, 2.45) is 11.7 Å². The molecule has 2 N–H and O–H groups in total. The van der Waals surface area contributed by atoms with E-state index >= 15 is 0 Å². The molecular formula is C19H34N4O. The molecule has 1 saturated heterocycles. The second kappa shape index (κ2) is 8.15. The highest BCUT2D eigenvalue weighted by molar-refractivity contribution is 5.77. The molecule has 2 heterocycles. The Morgan fingerprint density at radius 2 is 2.00 bits per heavy atom. The van der Waals surface area contributed by atoms with E-state index in [-0.39, 0.29) is 18.0 Å². The Bertz CT molecular complexity index is 562. The molecule has 1 aromatic heterocycles. The first kappa shape index (κ1) is 19.0. The minimum Gasteiger partial charge on any atom is -0.338 e. The third-order valence-corrected chi connectivity index (χ3v) is 5.13. The van der Waals surface area contributed by atoms with Crippen molar-refractivity contribution in [3.8, 4) is 0 Å². The van der Waals surface area contributed by atoms with Crippen LogP contribution in [0.5, 0.6) is 0 Å². The lowest BCUT2D eigenvalue weighted by molar-refractivity contribution is -0.135. The highest BCUT2D eigenvalue weighted by atomic mass is 16.2. The number of carbonyl (C=O) groups is 1. The number of aryl methyl sites for hydroxylation is 1. The van der Waals surface area contributed by atoms with Crippen molar-refractivity contribution in [1.29, 1.82) is 0 Å². The van der Waals surface area contributed by atoms with Gasteiger partial charge in [-0.1, -0.05) is 13.8 Å². The first-order valence-electron chi connectivity index (χ1n) is 9.39. The Balaban J connectivity index is 2.02. The third-order valence-electron chi connectivity index (χ3n) is 5.13. The van der Waals surface area contributed by atoms with E-state index < -0.39 is 0 Å². The maximum absolute atomic E-state index is 12.7. The molecule has 0 aliphatic carbocycles. The van der Waals surface area contributed by atoms with E-state index in [2.05, 4.69) is 37.5 Å². The van der Waals surface area contributed by atoms with Crippen LogP contribution >= 0.6 is 0 Å². The van der Waals surface area contributed by atoms with Crippen LogP contribution in [0.1, 0.15) is 63.4 Å². The summed E-state index contributed by atoms with van der Waals surface area (Å²) in [5, 5.41) is 4.66. The van der Waals surface area contributed by atoms with Crippen LogP contribution in [0.4, 0.5) is 0 Å². The molecule has 5 heteroatoms. The van der Waals surface area contributed by atoms with Gasteiger partial charge in [-0.15, -0.1) is 0 Å². The molecule has 0 radical (unpaired) electrons. The van der Waals surface area contributed by atoms with Crippen LogP contribution in [0.25, 0.3) is 0 Å². The lowest BCUT2D eigenvalue weighted by Crippen LogP contribution is -2.51. The molecule has 1 amide bonds. The van der Waals surface area contributed by atoms with E-state index in [0.29, 0.717) is 12.3 Å². The molecule has 2 rings (SSSR count). The van der Waals surface area contributed by atoms with E-state index in [1.54, 1.807) is 0 Å². The summed E-state index contributed by atoms with van der Waals surface area (Å²) >= 11 is 0. The van der Waals surface area contributed by atoms with Crippen LogP contribution in [-0.2, 0) is 17.8 Å². The van der Waals surface area contributed by atoms with Crippen molar-refractivity contribution in [3.63, 3.8) is 0 Å². The van der Waals surface area contributed by atoms with Crippen LogP contribution in [0.3, 0.4) is 0 Å². The third kappa shape index (κ3) is 4.38. The fourth-order valence-electron chi connectivity index (χ4n) is 3.81. The Kier molecular flexibility index (Phi) is 6.44. The molecular weight excluding hydrogens is 300 g/mol. The molecule has 0 spiro atoms. The minimum absolute atomic E-state index is 0.0477. The van der Waals surface area contributed by atoms with Gasteiger partial charge in [-0.25, -0.2) is 0 Å². The summed E-state index contributed by atoms with van der Waals surface area (Å²) in [6, 6.07) is 0.253. The van der Waals surface area contributed by atoms with Gasteiger partial charge < -0.3 is 10.6 Å². The quantitative estimate of drug-likeness (QED) is 0.870. The molecule has 1 fully saturated rings. The van der Waals surface area contributed by atoms with Gasteiger partial charge in [0.25, 0.3) is 0 Å². The molecule has 0 aromatic carbocycles. The van der Waals surface area contributed by atoms with Gasteiger partial charge in [0.2, 0.25) is 5.91 Å². The lowest BCUT2D eigenvalue weighted by Gasteiger charge is -2.38. The second-order valence-corrected chi connectivity index (χ2v) is 7.73. The Hall–Kier alpha value is -1.36. The van der Waals surface area contributed by atoms with E-state index in [9.17, 15) is 4.79 Å². The number of hydrogen-bond acceptors (Lipinski definition) is 3. The molecule has 2 unspecified atom stereocenters. The molecule has 136 valence electrons. The number of rotatable bonds is 6. The summed E-state index contributed by atoms with van der Waals surface area (Å²) in [5.74, 6) is 0.810. The van der Waals surface area contributed by atoms with Crippen molar-refractivity contribution in [1.82, 2.24) is 14.7 Å². The van der Waals surface area contributed by atoms with Gasteiger partial charge in [0.1, 0.15) is 0 Å². The van der Waals surface area contributed by atoms with Gasteiger partial charge in [-0.2, -0.15) is 5.10 Å². The Morgan fingerprint density at radius 1 is 1.29 bits per heavy atom. The summed E-state index contributed by atoms with van der Waals surface area (Å²) in [5.41, 5.74) is 9.59. The first-order valence-corrected chi connectivity index (χ1v) is 9.39. The van der Waals surface area contributed by atoms with E-state index in [1.807, 2.05) is 11.8 Å². The van der Waals surface area contributed by atoms with Gasteiger partial charge in [0.05, 0.1) is 5.69 Å². The zero-order chi connectivity index (χ0) is 17.9. The van der Waals surface area contributed by atoms with E-state index in [0.717, 1.165) is 38.0 Å². The van der Waals surface area contributed by atoms with E-state index in [4.69, 9.17) is 5.73 Å². The molecule has 0 bridgehead atoms. The summed E-state index contributed by atoms with van der Waals surface area (Å²) in [4.78, 5) is 14.8. The predicted octanol–water partition coefficient (Wildman–Crippen LogP) is 2.82. The van der Waals surface area contributed by atoms with Crippen molar-refractivity contribution < 1.29 is 4.79 Å². The number of piperidine rings is 1. The zero-order valence-electron chi connectivity index (χ0n) is 16.0. The van der Waals surface area contributed by atoms with Gasteiger partial charge in [0, 0.05) is 37.3 Å². The number of hydrogen-bond donors (Lipinski definition) is 1. The fraction of sp³-hybridized carbons (Fsp3) is 0.789. The average Bonchev–Trinajstić information content (AvgIpc) is 2.78. The number of aromatic nitrogens is 2.